The Kier molecular flexibility index (Phi) is 10.8. The summed E-state index contributed by atoms with van der Waals surface area (Å²) in [5, 5.41) is 7.72. The molecule has 0 aromatic heterocycles. The number of nitrogens with two attached hydrogens (primary N) is 4. The number of amidine groups is 1. The zero-order valence-electron chi connectivity index (χ0n) is 20.8. The van der Waals surface area contributed by atoms with Crippen LogP contribution in [0.25, 0.3) is 6.08 Å². The molecule has 1 fully saturated rings. The van der Waals surface area contributed by atoms with Crippen molar-refractivity contribution in [2.24, 2.45) is 28.1 Å². The summed E-state index contributed by atoms with van der Waals surface area (Å²) in [4.78, 5) is 26.5. The summed E-state index contributed by atoms with van der Waals surface area (Å²) in [7, 11) is 0. The second-order valence-electron chi connectivity index (χ2n) is 8.85. The van der Waals surface area contributed by atoms with Gasteiger partial charge in [-0.1, -0.05) is 6.07 Å². The third-order valence-corrected chi connectivity index (χ3v) is 5.75. The number of allylic oxidation sites excluding steroid dienone is 1. The molecule has 9 N–H and O–H groups in total. The molecule has 1 heterocycles. The number of carbonyl (C=O) groups excluding carboxylic acids is 2. The minimum absolute atomic E-state index is 0.0356. The number of alkyl halides is 3. The lowest BCUT2D eigenvalue weighted by molar-refractivity contribution is -0.137. The third kappa shape index (κ3) is 10.0. The Morgan fingerprint density at radius 1 is 1.22 bits per heavy atom. The van der Waals surface area contributed by atoms with E-state index in [9.17, 15) is 22.8 Å². The van der Waals surface area contributed by atoms with E-state index in [2.05, 4.69) is 10.4 Å². The molecule has 0 radical (unpaired) electrons. The number of hydrogen-bond donors (Lipinski definition) is 5. The first-order valence-corrected chi connectivity index (χ1v) is 11.8. The molecule has 10 nitrogen and oxygen atoms in total. The maximum atomic E-state index is 13.2. The molecule has 2 rings (SSSR count). The van der Waals surface area contributed by atoms with E-state index in [4.69, 9.17) is 23.0 Å². The predicted molar refractivity (Wildman–Crippen MR) is 136 cm³/mol. The number of hydrogen-bond acceptors (Lipinski definition) is 7. The number of halogens is 3. The van der Waals surface area contributed by atoms with Crippen LogP contribution < -0.4 is 28.4 Å². The molecule has 1 saturated heterocycles. The molecular weight excluding hydrogens is 489 g/mol. The van der Waals surface area contributed by atoms with Crippen LogP contribution in [0.2, 0.25) is 0 Å². The van der Waals surface area contributed by atoms with E-state index in [1.807, 2.05) is 0 Å². The quantitative estimate of drug-likeness (QED) is 0.102. The molecule has 204 valence electrons. The Labute approximate surface area is 214 Å². The standard InChI is InChI=1S/C24H35F3N8O2/c1-16(29)33-35(31)15-18-13-19(24(25,26)27)7-5-17(18)6-8-23(37)34-11-9-21(10-12-34)32-22(36)4-2-3-20(30)14-28/h5-8,13-14,21H,2-4,9-12,15,28,30-31H2,1H3,(H2,29,33)(H,32,36)/b8-6+,20-14-. The van der Waals surface area contributed by atoms with Crippen molar-refractivity contribution >= 4 is 23.7 Å². The molecule has 1 aromatic carbocycles. The maximum Gasteiger partial charge on any atom is 0.416 e. The van der Waals surface area contributed by atoms with Crippen molar-refractivity contribution in [1.82, 2.24) is 15.3 Å². The second-order valence-corrected chi connectivity index (χ2v) is 8.85. The molecule has 0 atom stereocenters. The smallest absolute Gasteiger partial charge is 0.403 e. The number of benzene rings is 1. The summed E-state index contributed by atoms with van der Waals surface area (Å²) in [6.45, 7) is 2.24. The summed E-state index contributed by atoms with van der Waals surface area (Å²) in [5.41, 5.74) is 16.8. The number of hydrazone groups is 1. The molecule has 1 aliphatic heterocycles. The highest BCUT2D eigenvalue weighted by atomic mass is 19.4. The van der Waals surface area contributed by atoms with Crippen LogP contribution in [0.4, 0.5) is 13.2 Å². The first kappa shape index (κ1) is 29.5. The van der Waals surface area contributed by atoms with Crippen molar-refractivity contribution in [2.75, 3.05) is 13.1 Å². The second kappa shape index (κ2) is 13.5. The summed E-state index contributed by atoms with van der Waals surface area (Å²) < 4.78 is 39.6. The third-order valence-electron chi connectivity index (χ3n) is 5.75. The molecule has 1 aliphatic rings. The molecule has 13 heteroatoms. The van der Waals surface area contributed by atoms with Crippen LogP contribution in [0.1, 0.15) is 55.7 Å². The van der Waals surface area contributed by atoms with E-state index in [0.29, 0.717) is 56.5 Å². The van der Waals surface area contributed by atoms with Gasteiger partial charge in [0.25, 0.3) is 0 Å². The fraction of sp³-hybridized carbons (Fsp3) is 0.458. The zero-order valence-corrected chi connectivity index (χ0v) is 20.8. The number of nitrogens with one attached hydrogen (secondary N) is 1. The minimum atomic E-state index is -4.53. The predicted octanol–water partition coefficient (Wildman–Crippen LogP) is 1.72. The largest absolute Gasteiger partial charge is 0.416 e. The summed E-state index contributed by atoms with van der Waals surface area (Å²) in [6, 6.07) is 3.17. The Balaban J connectivity index is 1.97. The molecule has 2 amide bonds. The van der Waals surface area contributed by atoms with Crippen molar-refractivity contribution in [1.29, 1.82) is 0 Å². The monoisotopic (exact) mass is 524 g/mol. The van der Waals surface area contributed by atoms with Gasteiger partial charge in [0.15, 0.2) is 0 Å². The van der Waals surface area contributed by atoms with Crippen molar-refractivity contribution in [3.63, 3.8) is 0 Å². The normalized spacial score (nSPS) is 15.8. The minimum Gasteiger partial charge on any atom is -0.403 e. The van der Waals surface area contributed by atoms with Gasteiger partial charge in [-0.2, -0.15) is 13.2 Å². The van der Waals surface area contributed by atoms with E-state index in [0.717, 1.165) is 17.3 Å². The highest BCUT2D eigenvalue weighted by Crippen LogP contribution is 2.31. The van der Waals surface area contributed by atoms with Crippen LogP contribution in [0, 0.1) is 0 Å². The highest BCUT2D eigenvalue weighted by molar-refractivity contribution is 5.92. The molecule has 1 aromatic rings. The van der Waals surface area contributed by atoms with Gasteiger partial charge >= 0.3 is 6.18 Å². The van der Waals surface area contributed by atoms with Crippen LogP contribution in [0.15, 0.2) is 41.3 Å². The van der Waals surface area contributed by atoms with Crippen molar-refractivity contribution < 1.29 is 22.8 Å². The van der Waals surface area contributed by atoms with Gasteiger partial charge in [0.05, 0.1) is 12.1 Å². The maximum absolute atomic E-state index is 13.2. The number of carbonyl (C=O) groups is 2. The number of rotatable bonds is 10. The van der Waals surface area contributed by atoms with E-state index in [-0.39, 0.29) is 35.8 Å². The van der Waals surface area contributed by atoms with Crippen LogP contribution in [-0.2, 0) is 22.3 Å². The first-order valence-electron chi connectivity index (χ1n) is 11.8. The average molecular weight is 525 g/mol. The molecule has 0 saturated carbocycles. The zero-order chi connectivity index (χ0) is 27.6. The Morgan fingerprint density at radius 3 is 2.49 bits per heavy atom. The van der Waals surface area contributed by atoms with Crippen LogP contribution in [-0.4, -0.2) is 46.8 Å². The lowest BCUT2D eigenvalue weighted by atomic mass is 10.0. The van der Waals surface area contributed by atoms with Crippen LogP contribution >= 0.6 is 0 Å². The van der Waals surface area contributed by atoms with Gasteiger partial charge in [0, 0.05) is 43.5 Å². The van der Waals surface area contributed by atoms with Crippen LogP contribution in [0.5, 0.6) is 0 Å². The molecule has 0 bridgehead atoms. The van der Waals surface area contributed by atoms with Gasteiger partial charge in [-0.05, 0) is 61.9 Å². The summed E-state index contributed by atoms with van der Waals surface area (Å²) in [5.74, 6) is 5.54. The lowest BCUT2D eigenvalue weighted by Crippen LogP contribution is -2.46. The van der Waals surface area contributed by atoms with Crippen LogP contribution in [0.3, 0.4) is 0 Å². The van der Waals surface area contributed by atoms with Gasteiger partial charge < -0.3 is 27.4 Å². The number of nitrogens with zero attached hydrogens (tertiary/aromatic N) is 3. The Morgan fingerprint density at radius 2 is 1.89 bits per heavy atom. The van der Waals surface area contributed by atoms with E-state index >= 15 is 0 Å². The number of amides is 2. The van der Waals surface area contributed by atoms with Gasteiger partial charge in [-0.25, -0.2) is 11.0 Å². The van der Waals surface area contributed by atoms with Crippen molar-refractivity contribution in [3.05, 3.63) is 52.9 Å². The number of likely N-dealkylation sites (tertiary alicyclic amines) is 1. The number of hydrazine groups is 1. The molecular formula is C24H35F3N8O2. The molecule has 0 aliphatic carbocycles. The van der Waals surface area contributed by atoms with Crippen molar-refractivity contribution in [2.45, 2.75) is 57.8 Å². The van der Waals surface area contributed by atoms with E-state index < -0.39 is 11.7 Å². The fourth-order valence-corrected chi connectivity index (χ4v) is 3.84. The highest BCUT2D eigenvalue weighted by Gasteiger charge is 2.31. The number of piperidine rings is 1. The Hall–Kier alpha value is -3.74. The van der Waals surface area contributed by atoms with Gasteiger partial charge in [0.1, 0.15) is 5.84 Å². The van der Waals surface area contributed by atoms with Gasteiger partial charge in [0.2, 0.25) is 11.8 Å². The summed E-state index contributed by atoms with van der Waals surface area (Å²) in [6.07, 6.45) is 2.24. The summed E-state index contributed by atoms with van der Waals surface area (Å²) >= 11 is 0. The van der Waals surface area contributed by atoms with E-state index in [1.165, 1.54) is 31.3 Å². The average Bonchev–Trinajstić information content (AvgIpc) is 2.82. The lowest BCUT2D eigenvalue weighted by Gasteiger charge is -2.31. The van der Waals surface area contributed by atoms with Crippen molar-refractivity contribution in [3.8, 4) is 0 Å². The molecule has 37 heavy (non-hydrogen) atoms. The molecule has 0 unspecified atom stereocenters. The topological polar surface area (TPSA) is 169 Å². The Bertz CT molecular complexity index is 1030. The van der Waals surface area contributed by atoms with Gasteiger partial charge in [-0.3, -0.25) is 9.59 Å². The van der Waals surface area contributed by atoms with E-state index in [1.54, 1.807) is 4.90 Å². The first-order chi connectivity index (χ1) is 17.4. The van der Waals surface area contributed by atoms with Gasteiger partial charge in [-0.15, -0.1) is 5.10 Å². The molecule has 0 spiro atoms. The fourth-order valence-electron chi connectivity index (χ4n) is 3.84. The SMILES string of the molecule is C/C(N)=N/N(N)Cc1cc(C(F)(F)F)ccc1/C=C/C(=O)N1CCC(NC(=O)CCC/C(N)=C/N)CC1.